The molecule has 1 aromatic carbocycles. The Morgan fingerprint density at radius 2 is 1.52 bits per heavy atom. The fourth-order valence-electron chi connectivity index (χ4n) is 2.64. The highest BCUT2D eigenvalue weighted by Crippen LogP contribution is 2.31. The molecule has 0 fully saturated rings. The Balaban J connectivity index is 3.19. The fraction of sp³-hybridized carbons (Fsp3) is 0.636. The number of hydrogen-bond acceptors (Lipinski definition) is 5. The summed E-state index contributed by atoms with van der Waals surface area (Å²) in [7, 11) is 1.43. The largest absolute Gasteiger partial charge is 0.463 e. The van der Waals surface area contributed by atoms with Gasteiger partial charge < -0.3 is 19.5 Å². The lowest BCUT2D eigenvalue weighted by molar-refractivity contribution is -0.154. The molecule has 0 heterocycles. The number of methoxy groups -OCH3 is 1. The summed E-state index contributed by atoms with van der Waals surface area (Å²) in [6.07, 6.45) is -5.21. The van der Waals surface area contributed by atoms with Crippen LogP contribution in [0.15, 0.2) is 24.3 Å². The minimum atomic E-state index is -4.47. The van der Waals surface area contributed by atoms with Gasteiger partial charge in [0.2, 0.25) is 0 Å². The molecule has 0 spiro atoms. The van der Waals surface area contributed by atoms with Crippen molar-refractivity contribution >= 4 is 12.1 Å². The van der Waals surface area contributed by atoms with Crippen molar-refractivity contribution in [1.82, 2.24) is 5.32 Å². The van der Waals surface area contributed by atoms with Crippen LogP contribution < -0.4 is 5.32 Å². The van der Waals surface area contributed by atoms with Gasteiger partial charge in [-0.25, -0.2) is 4.79 Å². The van der Waals surface area contributed by atoms with E-state index in [4.69, 9.17) is 14.2 Å². The van der Waals surface area contributed by atoms with Gasteiger partial charge in [-0.2, -0.15) is 13.2 Å². The molecule has 9 heteroatoms. The molecule has 0 aliphatic rings. The molecular formula is C22H32F3NO5. The lowest BCUT2D eigenvalue weighted by Gasteiger charge is -2.30. The predicted molar refractivity (Wildman–Crippen MR) is 110 cm³/mol. The molecule has 31 heavy (non-hydrogen) atoms. The van der Waals surface area contributed by atoms with Gasteiger partial charge in [0.15, 0.2) is 0 Å². The second kappa shape index (κ2) is 10.3. The van der Waals surface area contributed by atoms with Gasteiger partial charge in [-0.15, -0.1) is 0 Å². The zero-order valence-electron chi connectivity index (χ0n) is 19.1. The first kappa shape index (κ1) is 26.7. The number of benzene rings is 1. The maximum atomic E-state index is 12.9. The Hall–Kier alpha value is -2.29. The van der Waals surface area contributed by atoms with E-state index in [1.54, 1.807) is 41.5 Å². The second-order valence-electron chi connectivity index (χ2n) is 9.28. The van der Waals surface area contributed by atoms with Crippen LogP contribution in [0.1, 0.15) is 58.6 Å². The Kier molecular flexibility index (Phi) is 8.93. The third-order valence-electron chi connectivity index (χ3n) is 4.21. The van der Waals surface area contributed by atoms with Gasteiger partial charge in [-0.3, -0.25) is 4.79 Å². The molecule has 176 valence electrons. The second-order valence-corrected chi connectivity index (χ2v) is 9.28. The number of alkyl carbamates (subject to hydrolysis) is 1. The minimum Gasteiger partial charge on any atom is -0.463 e. The molecular weight excluding hydrogens is 415 g/mol. The number of rotatable bonds is 7. The summed E-state index contributed by atoms with van der Waals surface area (Å²) in [6.45, 7) is 10.0. The van der Waals surface area contributed by atoms with Crippen molar-refractivity contribution in [2.45, 2.75) is 65.3 Å². The SMILES string of the molecule is COC[C@@H](c1ccc(C(F)(F)F)cc1)[C@@H](COC(=O)C(C)(C)C)NC(=O)OC(C)(C)C. The van der Waals surface area contributed by atoms with Crippen LogP contribution in [0.25, 0.3) is 0 Å². The number of alkyl halides is 3. The first-order chi connectivity index (χ1) is 14.0. The molecule has 1 amide bonds. The highest BCUT2D eigenvalue weighted by atomic mass is 19.4. The molecule has 1 N–H and O–H groups in total. The van der Waals surface area contributed by atoms with E-state index in [-0.39, 0.29) is 13.2 Å². The number of carbonyl (C=O) groups excluding carboxylic acids is 2. The van der Waals surface area contributed by atoms with Crippen molar-refractivity contribution in [3.8, 4) is 0 Å². The normalized spacial score (nSPS) is 14.5. The molecule has 0 saturated carbocycles. The van der Waals surface area contributed by atoms with Crippen LogP contribution in [0.4, 0.5) is 18.0 Å². The third-order valence-corrected chi connectivity index (χ3v) is 4.21. The summed E-state index contributed by atoms with van der Waals surface area (Å²) in [5.74, 6) is -1.07. The molecule has 0 saturated heterocycles. The zero-order chi connectivity index (χ0) is 24.0. The Bertz CT molecular complexity index is 733. The number of esters is 1. The van der Waals surface area contributed by atoms with Gasteiger partial charge in [-0.1, -0.05) is 12.1 Å². The topological polar surface area (TPSA) is 73.9 Å². The Labute approximate surface area is 181 Å². The molecule has 0 aliphatic heterocycles. The summed E-state index contributed by atoms with van der Waals surface area (Å²) >= 11 is 0. The molecule has 6 nitrogen and oxygen atoms in total. The van der Waals surface area contributed by atoms with E-state index in [0.29, 0.717) is 5.56 Å². The summed E-state index contributed by atoms with van der Waals surface area (Å²) in [5, 5.41) is 2.67. The van der Waals surface area contributed by atoms with E-state index in [0.717, 1.165) is 12.1 Å². The number of halogens is 3. The summed E-state index contributed by atoms with van der Waals surface area (Å²) in [4.78, 5) is 24.6. The number of nitrogens with one attached hydrogen (secondary N) is 1. The highest BCUT2D eigenvalue weighted by Gasteiger charge is 2.33. The summed E-state index contributed by atoms with van der Waals surface area (Å²) in [5.41, 5.74) is -1.82. The predicted octanol–water partition coefficient (Wildman–Crippen LogP) is 4.92. The van der Waals surface area contributed by atoms with Crippen LogP contribution >= 0.6 is 0 Å². The van der Waals surface area contributed by atoms with Gasteiger partial charge in [0, 0.05) is 13.0 Å². The summed E-state index contributed by atoms with van der Waals surface area (Å²) < 4.78 is 54.7. The van der Waals surface area contributed by atoms with Gasteiger partial charge in [-0.05, 0) is 59.2 Å². The summed E-state index contributed by atoms with van der Waals surface area (Å²) in [6, 6.07) is 3.77. The van der Waals surface area contributed by atoms with Crippen molar-refractivity contribution in [1.29, 1.82) is 0 Å². The average Bonchev–Trinajstić information content (AvgIpc) is 2.60. The van der Waals surface area contributed by atoms with Crippen molar-refractivity contribution in [3.05, 3.63) is 35.4 Å². The van der Waals surface area contributed by atoms with E-state index in [2.05, 4.69) is 5.32 Å². The van der Waals surface area contributed by atoms with Crippen molar-refractivity contribution in [2.24, 2.45) is 5.41 Å². The lowest BCUT2D eigenvalue weighted by Crippen LogP contribution is -2.46. The Morgan fingerprint density at radius 1 is 0.968 bits per heavy atom. The molecule has 0 aliphatic carbocycles. The first-order valence-electron chi connectivity index (χ1n) is 9.87. The zero-order valence-corrected chi connectivity index (χ0v) is 19.1. The average molecular weight is 447 g/mol. The van der Waals surface area contributed by atoms with Crippen LogP contribution in [0.2, 0.25) is 0 Å². The van der Waals surface area contributed by atoms with Gasteiger partial charge in [0.25, 0.3) is 0 Å². The standard InChI is InChI=1S/C22H32F3NO5/c1-20(2,3)18(27)30-13-17(26-19(28)31-21(4,5)6)16(12-29-7)14-8-10-15(11-9-14)22(23,24)25/h8-11,16-17H,12-13H2,1-7H3,(H,26,28)/t16-,17+/m0/s1. The minimum absolute atomic E-state index is 0.0684. The quantitative estimate of drug-likeness (QED) is 0.601. The van der Waals surface area contributed by atoms with E-state index in [1.165, 1.54) is 19.2 Å². The van der Waals surface area contributed by atoms with E-state index < -0.39 is 46.8 Å². The van der Waals surface area contributed by atoms with Crippen LogP contribution in [-0.4, -0.2) is 44.0 Å². The molecule has 1 aromatic rings. The van der Waals surface area contributed by atoms with Crippen LogP contribution in [-0.2, 0) is 25.2 Å². The van der Waals surface area contributed by atoms with E-state index in [9.17, 15) is 22.8 Å². The van der Waals surface area contributed by atoms with Crippen molar-refractivity contribution in [2.75, 3.05) is 20.3 Å². The monoisotopic (exact) mass is 447 g/mol. The number of carbonyl (C=O) groups is 2. The fourth-order valence-corrected chi connectivity index (χ4v) is 2.64. The molecule has 0 aromatic heterocycles. The number of hydrogen-bond donors (Lipinski definition) is 1. The molecule has 1 rings (SSSR count). The smallest absolute Gasteiger partial charge is 0.416 e. The van der Waals surface area contributed by atoms with Crippen molar-refractivity contribution < 1.29 is 37.0 Å². The lowest BCUT2D eigenvalue weighted by atomic mass is 9.91. The van der Waals surface area contributed by atoms with Gasteiger partial charge >= 0.3 is 18.2 Å². The third kappa shape index (κ3) is 9.16. The van der Waals surface area contributed by atoms with Crippen LogP contribution in [0.3, 0.4) is 0 Å². The van der Waals surface area contributed by atoms with Crippen LogP contribution in [0.5, 0.6) is 0 Å². The van der Waals surface area contributed by atoms with E-state index >= 15 is 0 Å². The van der Waals surface area contributed by atoms with Crippen molar-refractivity contribution in [3.63, 3.8) is 0 Å². The first-order valence-corrected chi connectivity index (χ1v) is 9.87. The Morgan fingerprint density at radius 3 is 1.94 bits per heavy atom. The number of ether oxygens (including phenoxy) is 3. The molecule has 2 atom stereocenters. The molecule has 0 radical (unpaired) electrons. The highest BCUT2D eigenvalue weighted by molar-refractivity contribution is 5.75. The maximum absolute atomic E-state index is 12.9. The molecule has 0 bridgehead atoms. The van der Waals surface area contributed by atoms with Crippen LogP contribution in [0, 0.1) is 5.41 Å². The molecule has 0 unspecified atom stereocenters. The maximum Gasteiger partial charge on any atom is 0.416 e. The van der Waals surface area contributed by atoms with Gasteiger partial charge in [0.1, 0.15) is 12.2 Å². The number of amides is 1. The van der Waals surface area contributed by atoms with E-state index in [1.807, 2.05) is 0 Å². The van der Waals surface area contributed by atoms with Gasteiger partial charge in [0.05, 0.1) is 23.6 Å².